The molecule has 0 amide bonds. The second kappa shape index (κ2) is 6.17. The molecular weight excluding hydrogens is 293 g/mol. The number of hydrogen-bond donors (Lipinski definition) is 1. The smallest absolute Gasteiger partial charge is 0.137 e. The van der Waals surface area contributed by atoms with Crippen LogP contribution in [0.1, 0.15) is 18.4 Å². The predicted octanol–water partition coefficient (Wildman–Crippen LogP) is 4.88. The van der Waals surface area contributed by atoms with E-state index in [1.807, 2.05) is 36.4 Å². The van der Waals surface area contributed by atoms with E-state index in [0.29, 0.717) is 16.0 Å². The van der Waals surface area contributed by atoms with Gasteiger partial charge in [-0.2, -0.15) is 0 Å². The minimum Gasteiger partial charge on any atom is -0.310 e. The summed E-state index contributed by atoms with van der Waals surface area (Å²) in [7, 11) is 0. The van der Waals surface area contributed by atoms with Crippen molar-refractivity contribution in [3.05, 3.63) is 58.9 Å². The third kappa shape index (κ3) is 3.75. The van der Waals surface area contributed by atoms with Crippen LogP contribution in [0.5, 0.6) is 0 Å². The normalized spacial score (nSPS) is 14.5. The molecule has 3 rings (SSSR count). The van der Waals surface area contributed by atoms with E-state index in [9.17, 15) is 4.39 Å². The Bertz CT molecular complexity index is 613. The van der Waals surface area contributed by atoms with Crippen LogP contribution < -0.4 is 5.32 Å². The zero-order valence-corrected chi connectivity index (χ0v) is 12.5. The molecule has 2 aromatic rings. The molecule has 1 fully saturated rings. The van der Waals surface area contributed by atoms with Crippen LogP contribution in [0.2, 0.25) is 5.02 Å². The van der Waals surface area contributed by atoms with Gasteiger partial charge in [-0.25, -0.2) is 4.39 Å². The number of hydrogen-bond acceptors (Lipinski definition) is 2. The van der Waals surface area contributed by atoms with Crippen molar-refractivity contribution in [3.63, 3.8) is 0 Å². The van der Waals surface area contributed by atoms with E-state index in [1.165, 1.54) is 24.6 Å². The summed E-state index contributed by atoms with van der Waals surface area (Å²) in [6.07, 6.45) is 2.48. The zero-order valence-electron chi connectivity index (χ0n) is 10.9. The van der Waals surface area contributed by atoms with Gasteiger partial charge in [0.2, 0.25) is 0 Å². The maximum Gasteiger partial charge on any atom is 0.137 e. The molecular formula is C16H15ClFNS. The summed E-state index contributed by atoms with van der Waals surface area (Å²) in [5.41, 5.74) is 0.991. The van der Waals surface area contributed by atoms with Crippen molar-refractivity contribution in [2.45, 2.75) is 35.2 Å². The lowest BCUT2D eigenvalue weighted by Crippen LogP contribution is -2.15. The van der Waals surface area contributed by atoms with E-state index in [1.54, 1.807) is 6.07 Å². The second-order valence-corrected chi connectivity index (χ2v) is 6.53. The van der Waals surface area contributed by atoms with Crippen molar-refractivity contribution >= 4 is 23.4 Å². The number of nitrogens with one attached hydrogen (secondary N) is 1. The van der Waals surface area contributed by atoms with Crippen LogP contribution in [-0.2, 0) is 6.54 Å². The number of rotatable bonds is 5. The van der Waals surface area contributed by atoms with Crippen molar-refractivity contribution in [3.8, 4) is 0 Å². The van der Waals surface area contributed by atoms with Gasteiger partial charge in [0.1, 0.15) is 5.82 Å². The maximum atomic E-state index is 14.1. The average molecular weight is 308 g/mol. The summed E-state index contributed by atoms with van der Waals surface area (Å²) >= 11 is 7.33. The van der Waals surface area contributed by atoms with Crippen molar-refractivity contribution in [1.82, 2.24) is 5.32 Å². The standard InChI is InChI=1S/C16H15ClFNS/c17-12-2-1-3-14(9-12)20-16-7-4-11(8-15(16)18)10-19-13-5-6-13/h1-4,7-9,13,19H,5-6,10H2. The minimum absolute atomic E-state index is 0.176. The molecule has 0 aromatic heterocycles. The van der Waals surface area contributed by atoms with Crippen molar-refractivity contribution in [1.29, 1.82) is 0 Å². The summed E-state index contributed by atoms with van der Waals surface area (Å²) in [4.78, 5) is 1.57. The summed E-state index contributed by atoms with van der Waals surface area (Å²) in [5, 5.41) is 4.05. The first-order chi connectivity index (χ1) is 9.70. The molecule has 0 unspecified atom stereocenters. The Hall–Kier alpha value is -1.03. The topological polar surface area (TPSA) is 12.0 Å². The van der Waals surface area contributed by atoms with Gasteiger partial charge in [-0.15, -0.1) is 0 Å². The highest BCUT2D eigenvalue weighted by Crippen LogP contribution is 2.31. The van der Waals surface area contributed by atoms with Crippen LogP contribution in [0, 0.1) is 5.82 Å². The maximum absolute atomic E-state index is 14.1. The van der Waals surface area contributed by atoms with Crippen LogP contribution in [0.3, 0.4) is 0 Å². The van der Waals surface area contributed by atoms with Crippen LogP contribution >= 0.6 is 23.4 Å². The largest absolute Gasteiger partial charge is 0.310 e. The van der Waals surface area contributed by atoms with Crippen LogP contribution in [-0.4, -0.2) is 6.04 Å². The van der Waals surface area contributed by atoms with Gasteiger partial charge in [0.05, 0.1) is 0 Å². The molecule has 104 valence electrons. The van der Waals surface area contributed by atoms with Gasteiger partial charge in [0.25, 0.3) is 0 Å². The molecule has 1 aliphatic rings. The molecule has 0 saturated heterocycles. The molecule has 0 atom stereocenters. The Morgan fingerprint density at radius 1 is 1.20 bits per heavy atom. The van der Waals surface area contributed by atoms with Crippen molar-refractivity contribution in [2.24, 2.45) is 0 Å². The number of benzene rings is 2. The predicted molar refractivity (Wildman–Crippen MR) is 81.8 cm³/mol. The highest BCUT2D eigenvalue weighted by Gasteiger charge is 2.20. The fourth-order valence-electron chi connectivity index (χ4n) is 1.94. The van der Waals surface area contributed by atoms with Gasteiger partial charge in [0, 0.05) is 27.4 Å². The minimum atomic E-state index is -0.176. The van der Waals surface area contributed by atoms with Crippen LogP contribution in [0.4, 0.5) is 4.39 Å². The molecule has 2 aromatic carbocycles. The summed E-state index contributed by atoms with van der Waals surface area (Å²) < 4.78 is 14.1. The van der Waals surface area contributed by atoms with E-state index in [0.717, 1.165) is 17.0 Å². The fourth-order valence-corrected chi connectivity index (χ4v) is 3.08. The Labute approximate surface area is 127 Å². The van der Waals surface area contributed by atoms with E-state index in [-0.39, 0.29) is 5.82 Å². The van der Waals surface area contributed by atoms with Crippen molar-refractivity contribution < 1.29 is 4.39 Å². The molecule has 0 spiro atoms. The van der Waals surface area contributed by atoms with Gasteiger partial charge in [-0.1, -0.05) is 35.5 Å². The van der Waals surface area contributed by atoms with Crippen LogP contribution in [0.25, 0.3) is 0 Å². The molecule has 20 heavy (non-hydrogen) atoms. The Morgan fingerprint density at radius 2 is 2.05 bits per heavy atom. The van der Waals surface area contributed by atoms with E-state index in [2.05, 4.69) is 5.32 Å². The van der Waals surface area contributed by atoms with Crippen molar-refractivity contribution in [2.75, 3.05) is 0 Å². The third-order valence-corrected chi connectivity index (χ3v) is 4.47. The zero-order chi connectivity index (χ0) is 13.9. The monoisotopic (exact) mass is 307 g/mol. The van der Waals surface area contributed by atoms with E-state index < -0.39 is 0 Å². The molecule has 1 nitrogen and oxygen atoms in total. The third-order valence-electron chi connectivity index (χ3n) is 3.19. The number of halogens is 2. The van der Waals surface area contributed by atoms with Crippen LogP contribution in [0.15, 0.2) is 52.3 Å². The summed E-state index contributed by atoms with van der Waals surface area (Å²) in [6, 6.07) is 13.5. The Balaban J connectivity index is 1.69. The average Bonchev–Trinajstić information content (AvgIpc) is 3.23. The molecule has 1 aliphatic carbocycles. The highest BCUT2D eigenvalue weighted by molar-refractivity contribution is 7.99. The molecule has 4 heteroatoms. The molecule has 0 radical (unpaired) electrons. The second-order valence-electron chi connectivity index (χ2n) is 4.98. The van der Waals surface area contributed by atoms with Gasteiger partial charge < -0.3 is 5.32 Å². The van der Waals surface area contributed by atoms with Gasteiger partial charge in [-0.05, 0) is 48.7 Å². The van der Waals surface area contributed by atoms with Gasteiger partial charge in [-0.3, -0.25) is 0 Å². The van der Waals surface area contributed by atoms with E-state index >= 15 is 0 Å². The Kier molecular flexibility index (Phi) is 4.29. The molecule has 0 heterocycles. The van der Waals surface area contributed by atoms with Gasteiger partial charge in [0.15, 0.2) is 0 Å². The first kappa shape index (κ1) is 13.9. The first-order valence-electron chi connectivity index (χ1n) is 6.66. The highest BCUT2D eigenvalue weighted by atomic mass is 35.5. The Morgan fingerprint density at radius 3 is 2.75 bits per heavy atom. The summed E-state index contributed by atoms with van der Waals surface area (Å²) in [6.45, 7) is 0.740. The molecule has 1 N–H and O–H groups in total. The SMILES string of the molecule is Fc1cc(CNC2CC2)ccc1Sc1cccc(Cl)c1. The van der Waals surface area contributed by atoms with Gasteiger partial charge >= 0.3 is 0 Å². The molecule has 0 aliphatic heterocycles. The lowest BCUT2D eigenvalue weighted by Gasteiger charge is -2.07. The lowest BCUT2D eigenvalue weighted by molar-refractivity contribution is 0.595. The fraction of sp³-hybridized carbons (Fsp3) is 0.250. The molecule has 0 bridgehead atoms. The first-order valence-corrected chi connectivity index (χ1v) is 7.85. The summed E-state index contributed by atoms with van der Waals surface area (Å²) in [5.74, 6) is -0.176. The lowest BCUT2D eigenvalue weighted by atomic mass is 10.2. The van der Waals surface area contributed by atoms with E-state index in [4.69, 9.17) is 11.6 Å². The quantitative estimate of drug-likeness (QED) is 0.844. The molecule has 1 saturated carbocycles.